The molecule has 0 heterocycles. The molecule has 0 bridgehead atoms. The highest BCUT2D eigenvalue weighted by molar-refractivity contribution is 7.86. The molecule has 7 heteroatoms. The van der Waals surface area contributed by atoms with E-state index < -0.39 is 15.4 Å². The van der Waals surface area contributed by atoms with Crippen molar-refractivity contribution in [1.29, 1.82) is 0 Å². The van der Waals surface area contributed by atoms with Gasteiger partial charge in [-0.15, -0.1) is 0 Å². The van der Waals surface area contributed by atoms with Gasteiger partial charge in [0.25, 0.3) is 10.1 Å². The summed E-state index contributed by atoms with van der Waals surface area (Å²) in [6.07, 6.45) is 1.90. The van der Waals surface area contributed by atoms with Crippen LogP contribution in [0.1, 0.15) is 33.1 Å². The summed E-state index contributed by atoms with van der Waals surface area (Å²) >= 11 is 0. The van der Waals surface area contributed by atoms with Gasteiger partial charge in [0.15, 0.2) is 0 Å². The lowest BCUT2D eigenvalue weighted by Crippen LogP contribution is -2.47. The summed E-state index contributed by atoms with van der Waals surface area (Å²) in [6.45, 7) is 8.29. The molecular formula is C14H28NO5S+. The van der Waals surface area contributed by atoms with Crippen LogP contribution in [-0.4, -0.2) is 62.5 Å². The van der Waals surface area contributed by atoms with Crippen LogP contribution in [0.3, 0.4) is 0 Å². The standard InChI is InChI=1S/C14H27NO5S/c1-6-13(21(17,18)19)11-15(4,5)9-7-8-10-20-14(16)12(2)3/h13H,2,6-11H2,1,3-5H3/p+1. The van der Waals surface area contributed by atoms with Crippen molar-refractivity contribution in [2.24, 2.45) is 0 Å². The fourth-order valence-corrected chi connectivity index (χ4v) is 3.02. The molecule has 124 valence electrons. The molecule has 0 aliphatic heterocycles. The lowest BCUT2D eigenvalue weighted by Gasteiger charge is -2.32. The first kappa shape index (κ1) is 20.1. The molecule has 0 rings (SSSR count). The number of nitrogens with zero attached hydrogens (tertiary/aromatic N) is 1. The second kappa shape index (κ2) is 8.51. The number of hydrogen-bond acceptors (Lipinski definition) is 4. The van der Waals surface area contributed by atoms with Crippen LogP contribution in [0, 0.1) is 0 Å². The van der Waals surface area contributed by atoms with Gasteiger partial charge in [-0.1, -0.05) is 13.5 Å². The van der Waals surface area contributed by atoms with Crippen molar-refractivity contribution in [3.8, 4) is 0 Å². The molecule has 1 unspecified atom stereocenters. The van der Waals surface area contributed by atoms with Crippen molar-refractivity contribution in [2.45, 2.75) is 38.4 Å². The topological polar surface area (TPSA) is 80.7 Å². The van der Waals surface area contributed by atoms with Crippen molar-refractivity contribution in [3.63, 3.8) is 0 Å². The molecule has 0 aliphatic rings. The van der Waals surface area contributed by atoms with Gasteiger partial charge in [-0.05, 0) is 26.2 Å². The third-order valence-electron chi connectivity index (χ3n) is 3.31. The summed E-state index contributed by atoms with van der Waals surface area (Å²) in [5, 5.41) is -0.742. The van der Waals surface area contributed by atoms with Crippen LogP contribution < -0.4 is 0 Å². The van der Waals surface area contributed by atoms with Gasteiger partial charge >= 0.3 is 5.97 Å². The molecule has 0 spiro atoms. The summed E-state index contributed by atoms with van der Waals surface area (Å²) < 4.78 is 37.1. The molecule has 1 N–H and O–H groups in total. The molecule has 0 aromatic rings. The number of carbonyl (C=O) groups excluding carboxylic acids is 1. The van der Waals surface area contributed by atoms with Crippen molar-refractivity contribution in [2.75, 3.05) is 33.8 Å². The fraction of sp³-hybridized carbons (Fsp3) is 0.786. The third-order valence-corrected chi connectivity index (χ3v) is 4.64. The van der Waals surface area contributed by atoms with Crippen molar-refractivity contribution in [3.05, 3.63) is 12.2 Å². The highest BCUT2D eigenvalue weighted by Crippen LogP contribution is 2.11. The minimum absolute atomic E-state index is 0.335. The third kappa shape index (κ3) is 8.85. The minimum atomic E-state index is -4.00. The number of quaternary nitrogens is 1. The largest absolute Gasteiger partial charge is 0.462 e. The van der Waals surface area contributed by atoms with Gasteiger partial charge < -0.3 is 9.22 Å². The van der Waals surface area contributed by atoms with E-state index in [9.17, 15) is 13.2 Å². The number of unbranched alkanes of at least 4 members (excludes halogenated alkanes) is 1. The first-order valence-electron chi connectivity index (χ1n) is 7.10. The molecule has 6 nitrogen and oxygen atoms in total. The highest BCUT2D eigenvalue weighted by atomic mass is 32.2. The maximum atomic E-state index is 11.2. The van der Waals surface area contributed by atoms with E-state index in [1.807, 2.05) is 14.1 Å². The van der Waals surface area contributed by atoms with Gasteiger partial charge in [0.1, 0.15) is 5.25 Å². The molecule has 0 fully saturated rings. The Kier molecular flexibility index (Phi) is 8.13. The molecule has 0 saturated carbocycles. The first-order valence-corrected chi connectivity index (χ1v) is 8.61. The van der Waals surface area contributed by atoms with Gasteiger partial charge in [-0.3, -0.25) is 4.55 Å². The first-order chi connectivity index (χ1) is 9.49. The van der Waals surface area contributed by atoms with Crippen LogP contribution in [0.5, 0.6) is 0 Å². The van der Waals surface area contributed by atoms with Crippen LogP contribution in [-0.2, 0) is 19.6 Å². The Balaban J connectivity index is 4.14. The number of carbonyl (C=O) groups is 1. The highest BCUT2D eigenvalue weighted by Gasteiger charge is 2.29. The Labute approximate surface area is 128 Å². The van der Waals surface area contributed by atoms with E-state index in [0.29, 0.717) is 36.0 Å². The van der Waals surface area contributed by atoms with Gasteiger partial charge in [0.05, 0.1) is 33.8 Å². The lowest BCUT2D eigenvalue weighted by molar-refractivity contribution is -0.890. The lowest BCUT2D eigenvalue weighted by atomic mass is 10.2. The molecule has 0 aromatic heterocycles. The zero-order valence-corrected chi connectivity index (χ0v) is 14.3. The Morgan fingerprint density at radius 1 is 1.33 bits per heavy atom. The minimum Gasteiger partial charge on any atom is -0.462 e. The van der Waals surface area contributed by atoms with Gasteiger partial charge in [0.2, 0.25) is 0 Å². The molecular weight excluding hydrogens is 294 g/mol. The van der Waals surface area contributed by atoms with E-state index in [1.54, 1.807) is 13.8 Å². The quantitative estimate of drug-likeness (QED) is 0.217. The van der Waals surface area contributed by atoms with E-state index >= 15 is 0 Å². The SMILES string of the molecule is C=C(C)C(=O)OCCCC[N+](C)(C)CC(CC)S(=O)(=O)O. The normalized spacial score (nSPS) is 13.8. The van der Waals surface area contributed by atoms with Crippen LogP contribution in [0.4, 0.5) is 0 Å². The summed E-state index contributed by atoms with van der Waals surface area (Å²) in [4.78, 5) is 11.2. The smallest absolute Gasteiger partial charge is 0.333 e. The second-order valence-electron chi connectivity index (χ2n) is 6.01. The predicted molar refractivity (Wildman–Crippen MR) is 82.5 cm³/mol. The van der Waals surface area contributed by atoms with E-state index in [-0.39, 0.29) is 5.97 Å². The average molecular weight is 322 g/mol. The predicted octanol–water partition coefficient (Wildman–Crippen LogP) is 1.63. The van der Waals surface area contributed by atoms with Crippen LogP contribution >= 0.6 is 0 Å². The van der Waals surface area contributed by atoms with Crippen LogP contribution in [0.15, 0.2) is 12.2 Å². The van der Waals surface area contributed by atoms with E-state index in [0.717, 1.165) is 13.0 Å². The van der Waals surface area contributed by atoms with Crippen molar-refractivity contribution < 1.29 is 27.0 Å². The second-order valence-corrected chi connectivity index (χ2v) is 7.71. The summed E-state index contributed by atoms with van der Waals surface area (Å²) in [5.74, 6) is -0.388. The molecule has 0 aliphatic carbocycles. The van der Waals surface area contributed by atoms with E-state index in [1.165, 1.54) is 0 Å². The molecule has 21 heavy (non-hydrogen) atoms. The Hall–Kier alpha value is -0.920. The molecule has 0 amide bonds. The average Bonchev–Trinajstić information content (AvgIpc) is 2.33. The van der Waals surface area contributed by atoms with Crippen LogP contribution in [0.25, 0.3) is 0 Å². The summed E-state index contributed by atoms with van der Waals surface area (Å²) in [5.41, 5.74) is 0.380. The number of esters is 1. The molecule has 0 saturated heterocycles. The molecule has 0 aromatic carbocycles. The maximum absolute atomic E-state index is 11.2. The Bertz CT molecular complexity index is 456. The zero-order valence-electron chi connectivity index (χ0n) is 13.5. The summed E-state index contributed by atoms with van der Waals surface area (Å²) in [7, 11) is -0.150. The van der Waals surface area contributed by atoms with Crippen LogP contribution in [0.2, 0.25) is 0 Å². The number of rotatable bonds is 10. The van der Waals surface area contributed by atoms with E-state index in [4.69, 9.17) is 9.29 Å². The van der Waals surface area contributed by atoms with Gasteiger partial charge in [-0.2, -0.15) is 8.42 Å². The van der Waals surface area contributed by atoms with Crippen molar-refractivity contribution >= 4 is 16.1 Å². The zero-order chi connectivity index (χ0) is 16.7. The van der Waals surface area contributed by atoms with Gasteiger partial charge in [0, 0.05) is 5.57 Å². The van der Waals surface area contributed by atoms with Gasteiger partial charge in [-0.25, -0.2) is 4.79 Å². The number of ether oxygens (including phenoxy) is 1. The maximum Gasteiger partial charge on any atom is 0.333 e. The van der Waals surface area contributed by atoms with Crippen molar-refractivity contribution in [1.82, 2.24) is 0 Å². The fourth-order valence-electron chi connectivity index (χ4n) is 2.01. The Morgan fingerprint density at radius 3 is 2.33 bits per heavy atom. The molecule has 1 atom stereocenters. The Morgan fingerprint density at radius 2 is 1.90 bits per heavy atom. The molecule has 0 radical (unpaired) electrons. The summed E-state index contributed by atoms with van der Waals surface area (Å²) in [6, 6.07) is 0. The van der Waals surface area contributed by atoms with E-state index in [2.05, 4.69) is 6.58 Å². The monoisotopic (exact) mass is 322 g/mol. The number of hydrogen-bond donors (Lipinski definition) is 1.